The number of pyridine rings is 1. The van der Waals surface area contributed by atoms with Crippen LogP contribution < -0.4 is 0 Å². The zero-order valence-corrected chi connectivity index (χ0v) is 32.7. The summed E-state index contributed by atoms with van der Waals surface area (Å²) in [6.45, 7) is 0. The average molecular weight is 768 g/mol. The predicted octanol–water partition coefficient (Wildman–Crippen LogP) is 12.7. The summed E-state index contributed by atoms with van der Waals surface area (Å²) in [5.74, 6) is 1.93. The third-order valence-corrected chi connectivity index (χ3v) is 12.5. The second-order valence-corrected chi connectivity index (χ2v) is 15.7. The van der Waals surface area contributed by atoms with Crippen molar-refractivity contribution >= 4 is 27.8 Å². The molecule has 0 amide bonds. The molecule has 10 aromatic rings. The van der Waals surface area contributed by atoms with Crippen molar-refractivity contribution in [3.63, 3.8) is 0 Å². The van der Waals surface area contributed by atoms with E-state index in [4.69, 9.17) is 19.9 Å². The Kier molecular flexibility index (Phi) is 7.82. The molecule has 2 aliphatic rings. The minimum atomic E-state index is -0.585. The highest BCUT2D eigenvalue weighted by Crippen LogP contribution is 2.58. The molecule has 0 saturated heterocycles. The van der Waals surface area contributed by atoms with Gasteiger partial charge in [0.15, 0.2) is 11.6 Å². The zero-order valence-electron chi connectivity index (χ0n) is 32.7. The van der Waals surface area contributed by atoms with Gasteiger partial charge in [0.05, 0.1) is 10.9 Å². The maximum absolute atomic E-state index is 5.18. The molecule has 3 aromatic heterocycles. The van der Waals surface area contributed by atoms with Gasteiger partial charge < -0.3 is 0 Å². The summed E-state index contributed by atoms with van der Waals surface area (Å²) in [5.41, 5.74) is 14.6. The van der Waals surface area contributed by atoms with Gasteiger partial charge in [-0.15, -0.1) is 0 Å². The van der Waals surface area contributed by atoms with E-state index in [0.717, 1.165) is 46.2 Å². The fraction of sp³-hybridized carbons (Fsp3) is 0.0545. The third-order valence-electron chi connectivity index (χ3n) is 12.5. The molecule has 0 spiro atoms. The van der Waals surface area contributed by atoms with E-state index in [9.17, 15) is 0 Å². The van der Waals surface area contributed by atoms with Crippen molar-refractivity contribution in [1.29, 1.82) is 0 Å². The molecule has 1 unspecified atom stereocenters. The van der Waals surface area contributed by atoms with Crippen LogP contribution in [0.15, 0.2) is 194 Å². The highest BCUT2D eigenvalue weighted by atomic mass is 15.2. The molecule has 3 heterocycles. The second-order valence-electron chi connectivity index (χ2n) is 15.7. The summed E-state index contributed by atoms with van der Waals surface area (Å²) in [5, 5.41) is 3.66. The van der Waals surface area contributed by atoms with Gasteiger partial charge in [-0.3, -0.25) is 9.55 Å². The quantitative estimate of drug-likeness (QED) is 0.169. The molecular formula is C55H37N5. The number of nitrogens with zero attached hydrogens (tertiary/aromatic N) is 5. The molecule has 0 saturated carbocycles. The maximum Gasteiger partial charge on any atom is 0.238 e. The number of benzene rings is 7. The van der Waals surface area contributed by atoms with Gasteiger partial charge in [-0.25, -0.2) is 4.98 Å². The molecule has 282 valence electrons. The van der Waals surface area contributed by atoms with Crippen molar-refractivity contribution in [3.05, 3.63) is 228 Å². The molecule has 2 aliphatic carbocycles. The van der Waals surface area contributed by atoms with Crippen molar-refractivity contribution < 1.29 is 0 Å². The van der Waals surface area contributed by atoms with Gasteiger partial charge in [0.1, 0.15) is 0 Å². The lowest BCUT2D eigenvalue weighted by Gasteiger charge is -2.34. The normalized spacial score (nSPS) is 15.2. The SMILES string of the molecule is C1=Cc2c(n(-c3nc(-c4ccccc4)nc(-c4ccccc4)n3)c3ccc(-c4ccc5c(c4)C(c4ccccc4)(c4cccnc4)c4c-5ccc5ccccc45)cc23)CC1. The molecule has 1 atom stereocenters. The van der Waals surface area contributed by atoms with Crippen LogP contribution in [0.3, 0.4) is 0 Å². The van der Waals surface area contributed by atoms with Crippen molar-refractivity contribution in [3.8, 4) is 51.0 Å². The van der Waals surface area contributed by atoms with Gasteiger partial charge in [0, 0.05) is 40.2 Å². The molecule has 0 bridgehead atoms. The third kappa shape index (κ3) is 5.19. The van der Waals surface area contributed by atoms with Crippen molar-refractivity contribution in [1.82, 2.24) is 24.5 Å². The number of aromatic nitrogens is 5. The van der Waals surface area contributed by atoms with Crippen LogP contribution >= 0.6 is 0 Å². The van der Waals surface area contributed by atoms with Crippen molar-refractivity contribution in [2.24, 2.45) is 0 Å². The summed E-state index contributed by atoms with van der Waals surface area (Å²) in [4.78, 5) is 20.1. The molecule has 60 heavy (non-hydrogen) atoms. The molecule has 5 heteroatoms. The van der Waals surface area contributed by atoms with Crippen LogP contribution in [0, 0.1) is 0 Å². The first-order chi connectivity index (χ1) is 29.8. The van der Waals surface area contributed by atoms with Crippen molar-refractivity contribution in [2.75, 3.05) is 0 Å². The standard InChI is InChI=1S/C55H37N5/c1-4-16-37(17-5-1)52-57-53(38-18-6-2-7-19-38)59-54(58-52)60-49-25-13-12-24-45(49)47-33-39(28-31-50(47)60)40-27-29-44-46-30-26-36-15-10-11-23-43(36)51(46)55(48(44)34-40,41-20-8-3-9-21-41)42-22-14-32-56-35-42/h1-12,14-24,26-35H,13,25H2. The second kappa shape index (κ2) is 13.7. The topological polar surface area (TPSA) is 56.5 Å². The van der Waals surface area contributed by atoms with Crippen LogP contribution in [0.1, 0.15) is 39.9 Å². The Hall–Kier alpha value is -7.76. The predicted molar refractivity (Wildman–Crippen MR) is 243 cm³/mol. The van der Waals surface area contributed by atoms with Gasteiger partial charge in [-0.1, -0.05) is 164 Å². The number of allylic oxidation sites excluding steroid dienone is 1. The van der Waals surface area contributed by atoms with E-state index in [0.29, 0.717) is 17.6 Å². The molecule has 0 N–H and O–H groups in total. The number of hydrogen-bond donors (Lipinski definition) is 0. The van der Waals surface area contributed by atoms with Gasteiger partial charge in [0.25, 0.3) is 0 Å². The maximum atomic E-state index is 5.18. The van der Waals surface area contributed by atoms with E-state index in [-0.39, 0.29) is 0 Å². The van der Waals surface area contributed by atoms with E-state index in [1.165, 1.54) is 55.2 Å². The summed E-state index contributed by atoms with van der Waals surface area (Å²) in [7, 11) is 0. The van der Waals surface area contributed by atoms with E-state index < -0.39 is 5.41 Å². The van der Waals surface area contributed by atoms with E-state index >= 15 is 0 Å². The fourth-order valence-corrected chi connectivity index (χ4v) is 9.87. The summed E-state index contributed by atoms with van der Waals surface area (Å²) in [6, 6.07) is 63.0. The lowest BCUT2D eigenvalue weighted by Crippen LogP contribution is -2.29. The van der Waals surface area contributed by atoms with Crippen LogP contribution in [0.25, 0.3) is 78.7 Å². The fourth-order valence-electron chi connectivity index (χ4n) is 9.87. The lowest BCUT2D eigenvalue weighted by molar-refractivity contribution is 0.770. The summed E-state index contributed by atoms with van der Waals surface area (Å²) in [6.07, 6.45) is 10.3. The van der Waals surface area contributed by atoms with Crippen LogP contribution in [0.2, 0.25) is 0 Å². The molecule has 0 aliphatic heterocycles. The van der Waals surface area contributed by atoms with Gasteiger partial charge >= 0.3 is 0 Å². The molecule has 0 fully saturated rings. The minimum absolute atomic E-state index is 0.585. The number of rotatable bonds is 6. The number of hydrogen-bond acceptors (Lipinski definition) is 4. The molecule has 7 aromatic carbocycles. The molecule has 0 radical (unpaired) electrons. The van der Waals surface area contributed by atoms with E-state index in [2.05, 4.69) is 162 Å². The van der Waals surface area contributed by atoms with Gasteiger partial charge in [-0.2, -0.15) is 9.97 Å². The van der Waals surface area contributed by atoms with Crippen LogP contribution in [0.5, 0.6) is 0 Å². The average Bonchev–Trinajstić information content (AvgIpc) is 3.83. The van der Waals surface area contributed by atoms with Crippen LogP contribution in [0.4, 0.5) is 0 Å². The first-order valence-corrected chi connectivity index (χ1v) is 20.6. The largest absolute Gasteiger partial charge is 0.282 e. The Morgan fingerprint density at radius 2 is 1.18 bits per heavy atom. The molecular weight excluding hydrogens is 731 g/mol. The highest BCUT2D eigenvalue weighted by Gasteiger charge is 2.47. The van der Waals surface area contributed by atoms with Gasteiger partial charge in [0.2, 0.25) is 5.95 Å². The zero-order chi connectivity index (χ0) is 39.6. The molecule has 5 nitrogen and oxygen atoms in total. The summed E-state index contributed by atoms with van der Waals surface area (Å²) >= 11 is 0. The monoisotopic (exact) mass is 767 g/mol. The Morgan fingerprint density at radius 3 is 1.93 bits per heavy atom. The van der Waals surface area contributed by atoms with Gasteiger partial charge in [-0.05, 0) is 92.4 Å². The Morgan fingerprint density at radius 1 is 0.517 bits per heavy atom. The summed E-state index contributed by atoms with van der Waals surface area (Å²) < 4.78 is 2.27. The first-order valence-electron chi connectivity index (χ1n) is 20.6. The Labute approximate surface area is 348 Å². The smallest absolute Gasteiger partial charge is 0.238 e. The minimum Gasteiger partial charge on any atom is -0.282 e. The van der Waals surface area contributed by atoms with Crippen molar-refractivity contribution in [2.45, 2.75) is 18.3 Å². The van der Waals surface area contributed by atoms with Crippen LogP contribution in [-0.4, -0.2) is 24.5 Å². The Balaban J connectivity index is 1.08. The van der Waals surface area contributed by atoms with Crippen LogP contribution in [-0.2, 0) is 11.8 Å². The van der Waals surface area contributed by atoms with E-state index in [1.54, 1.807) is 0 Å². The number of fused-ring (bicyclic) bond motifs is 8. The molecule has 12 rings (SSSR count). The first kappa shape index (κ1) is 34.3. The lowest BCUT2D eigenvalue weighted by atomic mass is 9.67. The van der Waals surface area contributed by atoms with E-state index in [1.807, 2.05) is 42.6 Å². The Bertz CT molecular complexity index is 3200. The highest BCUT2D eigenvalue weighted by molar-refractivity contribution is 6.01.